The summed E-state index contributed by atoms with van der Waals surface area (Å²) >= 11 is 12.1. The van der Waals surface area contributed by atoms with Crippen LogP contribution in [-0.2, 0) is 16.0 Å². The number of aromatic nitrogens is 2. The van der Waals surface area contributed by atoms with Gasteiger partial charge in [-0.15, -0.1) is 0 Å². The molecule has 0 bridgehead atoms. The van der Waals surface area contributed by atoms with Crippen LogP contribution < -0.4 is 26.0 Å². The topological polar surface area (TPSA) is 132 Å². The van der Waals surface area contributed by atoms with Crippen molar-refractivity contribution in [2.75, 3.05) is 13.7 Å². The molecular weight excluding hydrogens is 496 g/mol. The minimum absolute atomic E-state index is 0.163. The molecule has 1 fully saturated rings. The Bertz CT molecular complexity index is 1170. The molecule has 1 aliphatic rings. The summed E-state index contributed by atoms with van der Waals surface area (Å²) in [6, 6.07) is 2.85. The van der Waals surface area contributed by atoms with Crippen LogP contribution in [0.25, 0.3) is 0 Å². The minimum Gasteiger partial charge on any atom is -0.495 e. The number of halogens is 3. The maximum absolute atomic E-state index is 14.8. The SMILES string of the molecule is CCc1cn(C2O[C@H](CNC(=O)[C@H](C)Oc3cc(OC)c(Cl)cc3Cl)[C@@H](O)[C@@H]2F)c(=O)[nH]c1=O. The lowest BCUT2D eigenvalue weighted by Gasteiger charge is -2.19. The number of H-pyrrole nitrogens is 1. The number of nitrogens with one attached hydrogen (secondary N) is 2. The zero-order valence-electron chi connectivity index (χ0n) is 18.5. The summed E-state index contributed by atoms with van der Waals surface area (Å²) in [6.45, 7) is 2.90. The lowest BCUT2D eigenvalue weighted by Crippen LogP contribution is -2.43. The molecular formula is C21H24Cl2FN3O7. The quantitative estimate of drug-likeness (QED) is 0.482. The van der Waals surface area contributed by atoms with Gasteiger partial charge in [-0.05, 0) is 19.4 Å². The first kappa shape index (κ1) is 26.0. The molecule has 0 aliphatic carbocycles. The first-order valence-electron chi connectivity index (χ1n) is 10.4. The molecule has 1 aliphatic heterocycles. The molecule has 1 aromatic carbocycles. The van der Waals surface area contributed by atoms with Gasteiger partial charge >= 0.3 is 5.69 Å². The molecule has 10 nitrogen and oxygen atoms in total. The Morgan fingerprint density at radius 2 is 2.00 bits per heavy atom. The van der Waals surface area contributed by atoms with Gasteiger partial charge in [-0.2, -0.15) is 0 Å². The van der Waals surface area contributed by atoms with Crippen LogP contribution in [0.15, 0.2) is 27.9 Å². The minimum atomic E-state index is -1.97. The predicted molar refractivity (Wildman–Crippen MR) is 122 cm³/mol. The summed E-state index contributed by atoms with van der Waals surface area (Å²) < 4.78 is 31.8. The Morgan fingerprint density at radius 3 is 2.65 bits per heavy atom. The molecule has 2 aromatic rings. The fraction of sp³-hybridized carbons (Fsp3) is 0.476. The molecule has 0 saturated carbocycles. The summed E-state index contributed by atoms with van der Waals surface area (Å²) in [5, 5.41) is 13.2. The van der Waals surface area contributed by atoms with Gasteiger partial charge in [0.1, 0.15) is 23.7 Å². The number of aliphatic hydroxyl groups is 1. The number of alkyl halides is 1. The Morgan fingerprint density at radius 1 is 1.32 bits per heavy atom. The van der Waals surface area contributed by atoms with E-state index in [1.54, 1.807) is 6.92 Å². The maximum Gasteiger partial charge on any atom is 0.330 e. The van der Waals surface area contributed by atoms with Crippen molar-refractivity contribution < 1.29 is 28.5 Å². The van der Waals surface area contributed by atoms with E-state index in [1.165, 1.54) is 32.4 Å². The molecule has 13 heteroatoms. The van der Waals surface area contributed by atoms with Gasteiger partial charge in [0.25, 0.3) is 11.5 Å². The summed E-state index contributed by atoms with van der Waals surface area (Å²) in [5.74, 6) is -0.121. The monoisotopic (exact) mass is 519 g/mol. The van der Waals surface area contributed by atoms with Crippen molar-refractivity contribution in [2.45, 2.75) is 51.0 Å². The van der Waals surface area contributed by atoms with Crippen molar-refractivity contribution in [3.63, 3.8) is 0 Å². The van der Waals surface area contributed by atoms with Crippen molar-refractivity contribution in [1.29, 1.82) is 0 Å². The summed E-state index contributed by atoms with van der Waals surface area (Å²) in [4.78, 5) is 38.5. The Balaban J connectivity index is 1.65. The van der Waals surface area contributed by atoms with Crippen molar-refractivity contribution in [2.24, 2.45) is 0 Å². The number of methoxy groups -OCH3 is 1. The summed E-state index contributed by atoms with van der Waals surface area (Å²) in [6.07, 6.45) is -5.73. The second-order valence-corrected chi connectivity index (χ2v) is 8.41. The molecule has 34 heavy (non-hydrogen) atoms. The molecule has 3 rings (SSSR count). The number of benzene rings is 1. The highest BCUT2D eigenvalue weighted by Crippen LogP contribution is 2.36. The van der Waals surface area contributed by atoms with Gasteiger partial charge in [0.05, 0.1) is 17.2 Å². The summed E-state index contributed by atoms with van der Waals surface area (Å²) in [7, 11) is 1.41. The number of hydrogen-bond donors (Lipinski definition) is 3. The highest BCUT2D eigenvalue weighted by molar-refractivity contribution is 6.36. The van der Waals surface area contributed by atoms with Crippen LogP contribution in [0.1, 0.15) is 25.6 Å². The molecule has 186 valence electrons. The van der Waals surface area contributed by atoms with Crippen LogP contribution in [0, 0.1) is 0 Å². The van der Waals surface area contributed by atoms with Gasteiger partial charge in [-0.3, -0.25) is 19.1 Å². The zero-order chi connectivity index (χ0) is 25.2. The third kappa shape index (κ3) is 5.38. The average Bonchev–Trinajstić information content (AvgIpc) is 3.07. The number of hydrogen-bond acceptors (Lipinski definition) is 7. The fourth-order valence-electron chi connectivity index (χ4n) is 3.41. The highest BCUT2D eigenvalue weighted by Gasteiger charge is 2.45. The van der Waals surface area contributed by atoms with Gasteiger partial charge < -0.3 is 24.6 Å². The van der Waals surface area contributed by atoms with E-state index in [0.29, 0.717) is 12.2 Å². The van der Waals surface area contributed by atoms with Gasteiger partial charge in [0.2, 0.25) is 0 Å². The van der Waals surface area contributed by atoms with E-state index >= 15 is 0 Å². The van der Waals surface area contributed by atoms with Crippen LogP contribution in [0.5, 0.6) is 11.5 Å². The second-order valence-electron chi connectivity index (χ2n) is 7.60. The highest BCUT2D eigenvalue weighted by atomic mass is 35.5. The van der Waals surface area contributed by atoms with Crippen LogP contribution in [-0.4, -0.2) is 58.7 Å². The number of nitrogens with zero attached hydrogens (tertiary/aromatic N) is 1. The van der Waals surface area contributed by atoms with E-state index in [4.69, 9.17) is 37.4 Å². The maximum atomic E-state index is 14.8. The normalized spacial score (nSPS) is 22.9. The number of ether oxygens (including phenoxy) is 3. The van der Waals surface area contributed by atoms with Gasteiger partial charge in [0, 0.05) is 24.4 Å². The largest absolute Gasteiger partial charge is 0.495 e. The molecule has 1 unspecified atom stereocenters. The van der Waals surface area contributed by atoms with Crippen LogP contribution in [0.2, 0.25) is 10.0 Å². The zero-order valence-corrected chi connectivity index (χ0v) is 20.0. The standard InChI is InChI=1S/C21H24Cl2FN3O7/c1-4-10-8-27(21(31)26-19(10)30)20-16(24)17(28)15(34-20)7-25-18(29)9(2)33-14-6-13(32-3)11(22)5-12(14)23/h5-6,8-9,15-17,20,28H,4,7H2,1-3H3,(H,25,29)(H,26,30,31)/t9-,15+,16-,17+,20?/m0/s1. The Hall–Kier alpha value is -2.60. The molecule has 5 atom stereocenters. The van der Waals surface area contributed by atoms with Crippen molar-refractivity contribution in [3.05, 3.63) is 54.8 Å². The fourth-order valence-corrected chi connectivity index (χ4v) is 3.92. The third-order valence-electron chi connectivity index (χ3n) is 5.35. The van der Waals surface area contributed by atoms with Gasteiger partial charge in [0.15, 0.2) is 18.5 Å². The smallest absolute Gasteiger partial charge is 0.330 e. The molecule has 0 radical (unpaired) electrons. The van der Waals surface area contributed by atoms with E-state index in [0.717, 1.165) is 4.57 Å². The predicted octanol–water partition coefficient (Wildman–Crippen LogP) is 1.59. The number of carbonyl (C=O) groups is 1. The lowest BCUT2D eigenvalue weighted by molar-refractivity contribution is -0.128. The van der Waals surface area contributed by atoms with Crippen molar-refractivity contribution in [3.8, 4) is 11.5 Å². The van der Waals surface area contributed by atoms with Gasteiger partial charge in [-0.25, -0.2) is 9.18 Å². The summed E-state index contributed by atoms with van der Waals surface area (Å²) in [5.41, 5.74) is -1.19. The molecule has 1 saturated heterocycles. The van der Waals surface area contributed by atoms with E-state index in [2.05, 4.69) is 10.3 Å². The molecule has 3 N–H and O–H groups in total. The number of aromatic amines is 1. The number of aliphatic hydroxyl groups excluding tert-OH is 1. The first-order chi connectivity index (χ1) is 16.1. The van der Waals surface area contributed by atoms with Crippen molar-refractivity contribution >= 4 is 29.1 Å². The lowest BCUT2D eigenvalue weighted by atomic mass is 10.1. The van der Waals surface area contributed by atoms with E-state index < -0.39 is 47.9 Å². The van der Waals surface area contributed by atoms with Crippen molar-refractivity contribution in [1.82, 2.24) is 14.9 Å². The number of aryl methyl sites for hydroxylation is 1. The molecule has 2 heterocycles. The second kappa shape index (κ2) is 10.8. The number of carbonyl (C=O) groups excluding carboxylic acids is 1. The van der Waals surface area contributed by atoms with Gasteiger partial charge in [-0.1, -0.05) is 30.1 Å². The van der Waals surface area contributed by atoms with Crippen LogP contribution in [0.4, 0.5) is 4.39 Å². The number of rotatable bonds is 8. The van der Waals surface area contributed by atoms with E-state index in [1.807, 2.05) is 0 Å². The van der Waals surface area contributed by atoms with Crippen LogP contribution in [0.3, 0.4) is 0 Å². The molecule has 1 amide bonds. The van der Waals surface area contributed by atoms with E-state index in [-0.39, 0.29) is 27.9 Å². The van der Waals surface area contributed by atoms with E-state index in [9.17, 15) is 23.9 Å². The number of amides is 1. The average molecular weight is 520 g/mol. The Kier molecular flexibility index (Phi) is 8.24. The third-order valence-corrected chi connectivity index (χ3v) is 5.94. The van der Waals surface area contributed by atoms with Crippen LogP contribution >= 0.6 is 23.2 Å². The first-order valence-corrected chi connectivity index (χ1v) is 11.1. The Labute approximate surface area is 203 Å². The molecule has 1 aromatic heterocycles. The molecule has 0 spiro atoms.